The van der Waals surface area contributed by atoms with E-state index in [1.165, 1.54) is 0 Å². The van der Waals surface area contributed by atoms with Crippen molar-refractivity contribution >= 4 is 0 Å². The molecule has 3 aromatic rings. The average Bonchev–Trinajstić information content (AvgIpc) is 3.31. The van der Waals surface area contributed by atoms with E-state index in [9.17, 15) is 0 Å². The van der Waals surface area contributed by atoms with Crippen LogP contribution in [0.5, 0.6) is 0 Å². The monoisotopic (exact) mass is 337 g/mol. The van der Waals surface area contributed by atoms with Crippen molar-refractivity contribution in [1.82, 2.24) is 35.3 Å². The molecule has 3 heterocycles. The van der Waals surface area contributed by atoms with Crippen LogP contribution in [0.3, 0.4) is 0 Å². The number of hydrogen-bond acceptors (Lipinski definition) is 5. The highest BCUT2D eigenvalue weighted by Crippen LogP contribution is 2.30. The van der Waals surface area contributed by atoms with Gasteiger partial charge in [-0.25, -0.2) is 9.97 Å². The molecule has 1 aliphatic rings. The van der Waals surface area contributed by atoms with Gasteiger partial charge in [0.25, 0.3) is 0 Å². The highest BCUT2D eigenvalue weighted by molar-refractivity contribution is 5.53. The molecule has 0 saturated carbocycles. The fourth-order valence-corrected chi connectivity index (χ4v) is 3.46. The maximum atomic E-state index is 4.74. The molecule has 1 saturated heterocycles. The summed E-state index contributed by atoms with van der Waals surface area (Å²) in [5.41, 5.74) is 1.04. The minimum atomic E-state index is 0.198. The first-order valence-corrected chi connectivity index (χ1v) is 8.81. The maximum Gasteiger partial charge on any atom is 0.181 e. The van der Waals surface area contributed by atoms with Crippen molar-refractivity contribution < 1.29 is 0 Å². The quantitative estimate of drug-likeness (QED) is 0.764. The lowest BCUT2D eigenvalue weighted by Crippen LogP contribution is -2.37. The van der Waals surface area contributed by atoms with Crippen LogP contribution in [0.25, 0.3) is 11.4 Å². The van der Waals surface area contributed by atoms with E-state index in [0.29, 0.717) is 5.92 Å². The lowest BCUT2D eigenvalue weighted by Gasteiger charge is -2.34. The number of rotatable bonds is 4. The van der Waals surface area contributed by atoms with E-state index in [0.717, 1.165) is 54.8 Å². The van der Waals surface area contributed by atoms with Crippen LogP contribution in [0.4, 0.5) is 0 Å². The maximum absolute atomic E-state index is 4.74. The van der Waals surface area contributed by atoms with Crippen molar-refractivity contribution in [1.29, 1.82) is 0 Å². The summed E-state index contributed by atoms with van der Waals surface area (Å²) in [7, 11) is 0. The van der Waals surface area contributed by atoms with Crippen molar-refractivity contribution in [3.63, 3.8) is 0 Å². The number of H-pyrrole nitrogens is 2. The molecule has 0 aliphatic carbocycles. The lowest BCUT2D eigenvalue weighted by molar-refractivity contribution is 0.150. The summed E-state index contributed by atoms with van der Waals surface area (Å²) < 4.78 is 0. The van der Waals surface area contributed by atoms with Gasteiger partial charge in [-0.1, -0.05) is 30.3 Å². The third-order valence-corrected chi connectivity index (χ3v) is 4.91. The van der Waals surface area contributed by atoms with Crippen LogP contribution < -0.4 is 0 Å². The first kappa shape index (κ1) is 16.0. The Bertz CT molecular complexity index is 823. The number of piperidine rings is 1. The Labute approximate surface area is 146 Å². The van der Waals surface area contributed by atoms with Crippen molar-refractivity contribution in [2.24, 2.45) is 0 Å². The van der Waals surface area contributed by atoms with Gasteiger partial charge in [-0.2, -0.15) is 10.2 Å². The van der Waals surface area contributed by atoms with Crippen LogP contribution in [0.1, 0.15) is 49.2 Å². The lowest BCUT2D eigenvalue weighted by atomic mass is 9.96. The second kappa shape index (κ2) is 6.76. The van der Waals surface area contributed by atoms with E-state index in [4.69, 9.17) is 4.98 Å². The van der Waals surface area contributed by atoms with Gasteiger partial charge in [-0.15, -0.1) is 0 Å². The molecule has 2 unspecified atom stereocenters. The Balaban J connectivity index is 1.49. The first-order chi connectivity index (χ1) is 12.2. The van der Waals surface area contributed by atoms with Gasteiger partial charge in [0.15, 0.2) is 11.6 Å². The third-order valence-electron chi connectivity index (χ3n) is 4.91. The highest BCUT2D eigenvalue weighted by Gasteiger charge is 2.29. The van der Waals surface area contributed by atoms with Crippen LogP contribution >= 0.6 is 0 Å². The SMILES string of the molecule is Cc1nc(C(C)N2CCCC(c3nc(-c4ccccc4)n[nH]3)C2)n[nH]1. The molecule has 2 atom stereocenters. The Morgan fingerprint density at radius 3 is 2.72 bits per heavy atom. The predicted octanol–water partition coefficient (Wildman–Crippen LogP) is 2.84. The van der Waals surface area contributed by atoms with Crippen molar-refractivity contribution in [3.8, 4) is 11.4 Å². The fraction of sp³-hybridized carbons (Fsp3) is 0.444. The molecule has 0 amide bonds. The van der Waals surface area contributed by atoms with Gasteiger partial charge in [0.05, 0.1) is 6.04 Å². The summed E-state index contributed by atoms with van der Waals surface area (Å²) in [6.45, 7) is 6.10. The van der Waals surface area contributed by atoms with Crippen molar-refractivity contribution in [2.75, 3.05) is 13.1 Å². The Hall–Kier alpha value is -2.54. The molecule has 7 heteroatoms. The molecule has 1 fully saturated rings. The predicted molar refractivity (Wildman–Crippen MR) is 94.9 cm³/mol. The zero-order valence-electron chi connectivity index (χ0n) is 14.6. The van der Waals surface area contributed by atoms with E-state index in [1.807, 2.05) is 37.3 Å². The van der Waals surface area contributed by atoms with E-state index >= 15 is 0 Å². The van der Waals surface area contributed by atoms with Crippen molar-refractivity contribution in [2.45, 2.75) is 38.6 Å². The molecule has 2 aromatic heterocycles. The number of aromatic amines is 2. The van der Waals surface area contributed by atoms with Gasteiger partial charge in [0, 0.05) is 18.0 Å². The first-order valence-electron chi connectivity index (χ1n) is 8.81. The van der Waals surface area contributed by atoms with Gasteiger partial charge >= 0.3 is 0 Å². The summed E-state index contributed by atoms with van der Waals surface area (Å²) >= 11 is 0. The number of likely N-dealkylation sites (tertiary alicyclic amines) is 1. The molecule has 0 bridgehead atoms. The second-order valence-corrected chi connectivity index (χ2v) is 6.70. The Morgan fingerprint density at radius 1 is 1.12 bits per heavy atom. The molecule has 25 heavy (non-hydrogen) atoms. The summed E-state index contributed by atoms with van der Waals surface area (Å²) in [5.74, 6) is 3.83. The largest absolute Gasteiger partial charge is 0.293 e. The Morgan fingerprint density at radius 2 is 1.96 bits per heavy atom. The summed E-state index contributed by atoms with van der Waals surface area (Å²) in [6.07, 6.45) is 2.26. The van der Waals surface area contributed by atoms with Crippen LogP contribution in [0.15, 0.2) is 30.3 Å². The van der Waals surface area contributed by atoms with E-state index in [1.54, 1.807) is 0 Å². The number of aromatic nitrogens is 6. The Kier molecular flexibility index (Phi) is 4.31. The number of aryl methyl sites for hydroxylation is 1. The van der Waals surface area contributed by atoms with E-state index in [2.05, 4.69) is 37.2 Å². The average molecular weight is 337 g/mol. The standard InChI is InChI=1S/C18H23N7/c1-12(16-19-13(2)21-22-16)25-10-6-9-15(11-25)18-20-17(23-24-18)14-7-4-3-5-8-14/h3-5,7-8,12,15H,6,9-11H2,1-2H3,(H,19,21,22)(H,20,23,24). The molecular weight excluding hydrogens is 314 g/mol. The highest BCUT2D eigenvalue weighted by atomic mass is 15.3. The van der Waals surface area contributed by atoms with Crippen LogP contribution in [-0.4, -0.2) is 48.4 Å². The van der Waals surface area contributed by atoms with Crippen LogP contribution in [-0.2, 0) is 0 Å². The molecule has 7 nitrogen and oxygen atoms in total. The van der Waals surface area contributed by atoms with Crippen molar-refractivity contribution in [3.05, 3.63) is 47.8 Å². The molecule has 0 spiro atoms. The summed E-state index contributed by atoms with van der Waals surface area (Å²) in [5, 5.41) is 14.8. The minimum Gasteiger partial charge on any atom is -0.293 e. The number of benzene rings is 1. The number of nitrogens with zero attached hydrogens (tertiary/aromatic N) is 5. The normalized spacial score (nSPS) is 19.8. The fourth-order valence-electron chi connectivity index (χ4n) is 3.46. The third kappa shape index (κ3) is 3.32. The van der Waals surface area contributed by atoms with Gasteiger partial charge in [0.2, 0.25) is 0 Å². The molecule has 4 rings (SSSR count). The van der Waals surface area contributed by atoms with Crippen LogP contribution in [0.2, 0.25) is 0 Å². The molecule has 1 aliphatic heterocycles. The van der Waals surface area contributed by atoms with Gasteiger partial charge in [-0.3, -0.25) is 15.1 Å². The summed E-state index contributed by atoms with van der Waals surface area (Å²) in [6, 6.07) is 10.3. The topological polar surface area (TPSA) is 86.4 Å². The van der Waals surface area contributed by atoms with E-state index < -0.39 is 0 Å². The summed E-state index contributed by atoms with van der Waals surface area (Å²) in [4.78, 5) is 11.7. The molecule has 1 aromatic carbocycles. The molecule has 0 radical (unpaired) electrons. The molecule has 130 valence electrons. The zero-order valence-corrected chi connectivity index (χ0v) is 14.6. The van der Waals surface area contributed by atoms with Gasteiger partial charge in [-0.05, 0) is 33.2 Å². The second-order valence-electron chi connectivity index (χ2n) is 6.70. The molecular formula is C18H23N7. The van der Waals surface area contributed by atoms with Gasteiger partial charge in [0.1, 0.15) is 11.6 Å². The smallest absolute Gasteiger partial charge is 0.181 e. The van der Waals surface area contributed by atoms with E-state index in [-0.39, 0.29) is 6.04 Å². The van der Waals surface area contributed by atoms with Crippen LogP contribution in [0, 0.1) is 6.92 Å². The number of hydrogen-bond donors (Lipinski definition) is 2. The minimum absolute atomic E-state index is 0.198. The molecule has 2 N–H and O–H groups in total. The zero-order chi connectivity index (χ0) is 17.2. The number of nitrogens with one attached hydrogen (secondary N) is 2. The van der Waals surface area contributed by atoms with Gasteiger partial charge < -0.3 is 0 Å².